The molecule has 0 atom stereocenters. The molecule has 11 heteroatoms. The number of benzene rings is 2. The number of amides is 1. The summed E-state index contributed by atoms with van der Waals surface area (Å²) >= 11 is 7.36. The molecule has 0 saturated carbocycles. The van der Waals surface area contributed by atoms with Crippen LogP contribution in [0.4, 0.5) is 13.2 Å². The number of hydrogen-bond donors (Lipinski definition) is 0. The molecule has 1 saturated heterocycles. The molecular weight excluding hydrogens is 461 g/mol. The highest BCUT2D eigenvalue weighted by atomic mass is 35.5. The second-order valence-electron chi connectivity index (χ2n) is 6.66. The molecule has 0 N–H and O–H groups in total. The molecule has 4 rings (SSSR count). The summed E-state index contributed by atoms with van der Waals surface area (Å²) in [6.07, 6.45) is 0. The van der Waals surface area contributed by atoms with E-state index in [1.807, 2.05) is 0 Å². The number of fused-ring (bicyclic) bond motifs is 1. The zero-order chi connectivity index (χ0) is 21.6. The Morgan fingerprint density at radius 2 is 1.60 bits per heavy atom. The van der Waals surface area contributed by atoms with Gasteiger partial charge in [-0.3, -0.25) is 4.79 Å². The van der Waals surface area contributed by atoms with Crippen LogP contribution in [0.25, 0.3) is 10.1 Å². The maximum Gasteiger partial charge on any atom is 0.265 e. The van der Waals surface area contributed by atoms with E-state index in [4.69, 9.17) is 11.6 Å². The van der Waals surface area contributed by atoms with Crippen molar-refractivity contribution in [3.63, 3.8) is 0 Å². The lowest BCUT2D eigenvalue weighted by atomic mass is 10.2. The van der Waals surface area contributed by atoms with E-state index >= 15 is 0 Å². The summed E-state index contributed by atoms with van der Waals surface area (Å²) in [4.78, 5) is 14.0. The molecule has 1 fully saturated rings. The maximum atomic E-state index is 14.0. The molecule has 158 valence electrons. The van der Waals surface area contributed by atoms with Gasteiger partial charge in [-0.1, -0.05) is 11.6 Å². The van der Waals surface area contributed by atoms with Gasteiger partial charge in [0.1, 0.15) is 27.2 Å². The maximum absolute atomic E-state index is 14.0. The van der Waals surface area contributed by atoms with Crippen molar-refractivity contribution in [3.8, 4) is 0 Å². The molecule has 1 aliphatic rings. The van der Waals surface area contributed by atoms with E-state index in [0.29, 0.717) is 16.2 Å². The summed E-state index contributed by atoms with van der Waals surface area (Å²) in [5.74, 6) is -2.86. The number of sulfonamides is 1. The van der Waals surface area contributed by atoms with Gasteiger partial charge in [0.25, 0.3) is 5.91 Å². The Kier molecular flexibility index (Phi) is 5.52. The van der Waals surface area contributed by atoms with Gasteiger partial charge in [0.05, 0.1) is 5.02 Å². The lowest BCUT2D eigenvalue weighted by Crippen LogP contribution is -2.50. The highest BCUT2D eigenvalue weighted by Gasteiger charge is 2.33. The molecule has 1 aliphatic heterocycles. The SMILES string of the molecule is O=C(c1sc2cc(F)ccc2c1Cl)N1CCN(S(=O)(=O)c2ccc(F)cc2F)CC1. The highest BCUT2D eigenvalue weighted by molar-refractivity contribution is 7.89. The fourth-order valence-electron chi connectivity index (χ4n) is 3.28. The van der Waals surface area contributed by atoms with Crippen molar-refractivity contribution in [3.05, 3.63) is 63.7 Å². The second kappa shape index (κ2) is 7.84. The van der Waals surface area contributed by atoms with Gasteiger partial charge in [-0.05, 0) is 30.3 Å². The van der Waals surface area contributed by atoms with Gasteiger partial charge < -0.3 is 4.90 Å². The van der Waals surface area contributed by atoms with E-state index in [9.17, 15) is 26.4 Å². The first-order valence-corrected chi connectivity index (χ1v) is 11.4. The van der Waals surface area contributed by atoms with E-state index in [0.717, 1.165) is 27.8 Å². The number of carbonyl (C=O) groups is 1. The molecule has 0 radical (unpaired) electrons. The summed E-state index contributed by atoms with van der Waals surface area (Å²) < 4.78 is 67.4. The molecule has 5 nitrogen and oxygen atoms in total. The lowest BCUT2D eigenvalue weighted by molar-refractivity contribution is 0.0703. The molecule has 0 bridgehead atoms. The van der Waals surface area contributed by atoms with Gasteiger partial charge in [0, 0.05) is 42.3 Å². The fraction of sp³-hybridized carbons (Fsp3) is 0.211. The van der Waals surface area contributed by atoms with Crippen LogP contribution in [0.3, 0.4) is 0 Å². The number of hydrogen-bond acceptors (Lipinski definition) is 4. The van der Waals surface area contributed by atoms with Gasteiger partial charge in [-0.25, -0.2) is 21.6 Å². The van der Waals surface area contributed by atoms with Gasteiger partial charge in [-0.2, -0.15) is 4.31 Å². The van der Waals surface area contributed by atoms with Crippen molar-refractivity contribution in [2.24, 2.45) is 0 Å². The molecule has 3 aromatic rings. The Bertz CT molecular complexity index is 1260. The summed E-state index contributed by atoms with van der Waals surface area (Å²) in [6, 6.07) is 6.33. The van der Waals surface area contributed by atoms with Crippen LogP contribution in [-0.4, -0.2) is 49.7 Å². The number of thiophene rings is 1. The summed E-state index contributed by atoms with van der Waals surface area (Å²) in [5.41, 5.74) is 0. The van der Waals surface area contributed by atoms with Crippen LogP contribution in [-0.2, 0) is 10.0 Å². The van der Waals surface area contributed by atoms with Crippen molar-refractivity contribution < 1.29 is 26.4 Å². The van der Waals surface area contributed by atoms with E-state index in [-0.39, 0.29) is 42.0 Å². The summed E-state index contributed by atoms with van der Waals surface area (Å²) in [7, 11) is -4.17. The molecule has 1 aromatic heterocycles. The molecule has 0 aliphatic carbocycles. The second-order valence-corrected chi connectivity index (χ2v) is 9.99. The van der Waals surface area contributed by atoms with Crippen molar-refractivity contribution in [2.45, 2.75) is 4.90 Å². The minimum Gasteiger partial charge on any atom is -0.335 e. The Morgan fingerprint density at radius 3 is 2.27 bits per heavy atom. The molecule has 2 aromatic carbocycles. The van der Waals surface area contributed by atoms with Crippen LogP contribution in [0, 0.1) is 17.5 Å². The van der Waals surface area contributed by atoms with Gasteiger partial charge in [0.15, 0.2) is 0 Å². The predicted octanol–water partition coefficient (Wildman–Crippen LogP) is 4.12. The van der Waals surface area contributed by atoms with Crippen molar-refractivity contribution in [1.82, 2.24) is 9.21 Å². The van der Waals surface area contributed by atoms with Crippen LogP contribution in [0.1, 0.15) is 9.67 Å². The van der Waals surface area contributed by atoms with Gasteiger partial charge >= 0.3 is 0 Å². The molecular formula is C19H14ClF3N2O3S2. The third-order valence-corrected chi connectivity index (χ3v) is 8.40. The molecule has 1 amide bonds. The quantitative estimate of drug-likeness (QED) is 0.574. The van der Waals surface area contributed by atoms with Crippen LogP contribution >= 0.6 is 22.9 Å². The van der Waals surface area contributed by atoms with Crippen molar-refractivity contribution >= 4 is 49.0 Å². The van der Waals surface area contributed by atoms with E-state index in [2.05, 4.69) is 0 Å². The average Bonchev–Trinajstić information content (AvgIpc) is 3.03. The molecule has 30 heavy (non-hydrogen) atoms. The minimum atomic E-state index is -4.17. The lowest BCUT2D eigenvalue weighted by Gasteiger charge is -2.33. The van der Waals surface area contributed by atoms with E-state index in [1.165, 1.54) is 23.1 Å². The van der Waals surface area contributed by atoms with Crippen LogP contribution in [0.2, 0.25) is 5.02 Å². The van der Waals surface area contributed by atoms with Crippen LogP contribution < -0.4 is 0 Å². The number of carbonyl (C=O) groups excluding carboxylic acids is 1. The number of nitrogens with zero attached hydrogens (tertiary/aromatic N) is 2. The summed E-state index contributed by atoms with van der Waals surface area (Å²) in [6.45, 7) is 0.0314. The number of halogens is 4. The largest absolute Gasteiger partial charge is 0.335 e. The van der Waals surface area contributed by atoms with Crippen molar-refractivity contribution in [2.75, 3.05) is 26.2 Å². The molecule has 0 unspecified atom stereocenters. The van der Waals surface area contributed by atoms with E-state index in [1.54, 1.807) is 0 Å². The Balaban J connectivity index is 1.52. The zero-order valence-electron chi connectivity index (χ0n) is 15.2. The first-order valence-electron chi connectivity index (χ1n) is 8.80. The zero-order valence-corrected chi connectivity index (χ0v) is 17.6. The van der Waals surface area contributed by atoms with Gasteiger partial charge in [0.2, 0.25) is 10.0 Å². The Morgan fingerprint density at radius 1 is 0.967 bits per heavy atom. The first-order chi connectivity index (χ1) is 14.2. The number of rotatable bonds is 3. The Hall–Kier alpha value is -2.14. The van der Waals surface area contributed by atoms with Crippen molar-refractivity contribution in [1.29, 1.82) is 0 Å². The highest BCUT2D eigenvalue weighted by Crippen LogP contribution is 2.36. The third kappa shape index (κ3) is 3.68. The topological polar surface area (TPSA) is 57.7 Å². The van der Waals surface area contributed by atoms with Crippen LogP contribution in [0.5, 0.6) is 0 Å². The fourth-order valence-corrected chi connectivity index (χ4v) is 6.25. The predicted molar refractivity (Wildman–Crippen MR) is 108 cm³/mol. The molecule has 0 spiro atoms. The molecule has 2 heterocycles. The normalized spacial score (nSPS) is 15.7. The average molecular weight is 475 g/mol. The summed E-state index contributed by atoms with van der Waals surface area (Å²) in [5, 5.41) is 0.794. The standard InChI is InChI=1S/C19H14ClF3N2O3S2/c20-17-13-3-1-12(22)10-15(13)29-18(17)19(26)24-5-7-25(8-6-24)30(27,28)16-4-2-11(21)9-14(16)23/h1-4,9-10H,5-8H2. The van der Waals surface area contributed by atoms with Gasteiger partial charge in [-0.15, -0.1) is 11.3 Å². The Labute approximate surface area is 179 Å². The monoisotopic (exact) mass is 474 g/mol. The van der Waals surface area contributed by atoms with Crippen LogP contribution in [0.15, 0.2) is 41.3 Å². The number of piperazine rings is 1. The minimum absolute atomic E-state index is 0.0535. The van der Waals surface area contributed by atoms with E-state index < -0.39 is 32.4 Å². The smallest absolute Gasteiger partial charge is 0.265 e. The third-order valence-electron chi connectivity index (χ3n) is 4.82. The first kappa shape index (κ1) is 21.1.